The van der Waals surface area contributed by atoms with Crippen LogP contribution in [0.4, 0.5) is 5.69 Å². The van der Waals surface area contributed by atoms with Crippen LogP contribution < -0.4 is 5.32 Å². The molecule has 26 heavy (non-hydrogen) atoms. The number of furan rings is 1. The molecule has 0 saturated carbocycles. The number of hydrogen-bond acceptors (Lipinski definition) is 2. The smallest absolute Gasteiger partial charge is 0.135 e. The van der Waals surface area contributed by atoms with E-state index in [0.29, 0.717) is 6.04 Å². The molecule has 1 unspecified atom stereocenters. The molecule has 0 aliphatic heterocycles. The quantitative estimate of drug-likeness (QED) is 0.467. The molecule has 0 saturated heterocycles. The van der Waals surface area contributed by atoms with Crippen LogP contribution in [0.3, 0.4) is 0 Å². The van der Waals surface area contributed by atoms with Gasteiger partial charge in [-0.25, -0.2) is 0 Å². The Labute approximate surface area is 152 Å². The summed E-state index contributed by atoms with van der Waals surface area (Å²) < 4.78 is 5.93. The lowest BCUT2D eigenvalue weighted by Gasteiger charge is -2.19. The summed E-state index contributed by atoms with van der Waals surface area (Å²) in [5.41, 5.74) is 5.55. The van der Waals surface area contributed by atoms with E-state index in [1.165, 1.54) is 21.9 Å². The molecule has 5 rings (SSSR count). The second-order valence-electron chi connectivity index (χ2n) is 6.68. The van der Waals surface area contributed by atoms with Gasteiger partial charge in [-0.15, -0.1) is 0 Å². The maximum atomic E-state index is 5.93. The Balaban J connectivity index is 1.42. The Morgan fingerprint density at radius 2 is 1.62 bits per heavy atom. The lowest BCUT2D eigenvalue weighted by Crippen LogP contribution is -2.17. The van der Waals surface area contributed by atoms with Gasteiger partial charge in [0.15, 0.2) is 0 Å². The van der Waals surface area contributed by atoms with Gasteiger partial charge in [-0.2, -0.15) is 0 Å². The van der Waals surface area contributed by atoms with Crippen LogP contribution in [-0.4, -0.2) is 6.04 Å². The SMILES string of the molecule is C1=CC(Nc2ccccc2)CC=C1c1ccc2oc3ccccc3c2c1. The van der Waals surface area contributed by atoms with Gasteiger partial charge in [0.1, 0.15) is 11.2 Å². The number of para-hydroxylation sites is 2. The first kappa shape index (κ1) is 15.0. The number of allylic oxidation sites excluding steroid dienone is 2. The first-order chi connectivity index (χ1) is 12.9. The Morgan fingerprint density at radius 1 is 0.808 bits per heavy atom. The van der Waals surface area contributed by atoms with Crippen LogP contribution in [0, 0.1) is 0 Å². The molecule has 2 nitrogen and oxygen atoms in total. The van der Waals surface area contributed by atoms with Crippen LogP contribution in [0.5, 0.6) is 0 Å². The van der Waals surface area contributed by atoms with Gasteiger partial charge < -0.3 is 9.73 Å². The number of fused-ring (bicyclic) bond motifs is 3. The largest absolute Gasteiger partial charge is 0.456 e. The average Bonchev–Trinajstić information content (AvgIpc) is 3.07. The maximum absolute atomic E-state index is 5.93. The molecular weight excluding hydrogens is 318 g/mol. The molecule has 0 bridgehead atoms. The summed E-state index contributed by atoms with van der Waals surface area (Å²) in [4.78, 5) is 0. The highest BCUT2D eigenvalue weighted by atomic mass is 16.3. The van der Waals surface area contributed by atoms with Gasteiger partial charge in [-0.1, -0.05) is 60.7 Å². The summed E-state index contributed by atoms with van der Waals surface area (Å²) >= 11 is 0. The first-order valence-electron chi connectivity index (χ1n) is 8.98. The Morgan fingerprint density at radius 3 is 2.46 bits per heavy atom. The molecule has 126 valence electrons. The summed E-state index contributed by atoms with van der Waals surface area (Å²) in [6.07, 6.45) is 7.75. The maximum Gasteiger partial charge on any atom is 0.135 e. The van der Waals surface area contributed by atoms with Gasteiger partial charge in [0.2, 0.25) is 0 Å². The van der Waals surface area contributed by atoms with Crippen molar-refractivity contribution >= 4 is 33.2 Å². The van der Waals surface area contributed by atoms with Crippen molar-refractivity contribution in [3.8, 4) is 0 Å². The fraction of sp³-hybridized carbons (Fsp3) is 0.0833. The Hall–Kier alpha value is -3.26. The number of nitrogens with one attached hydrogen (secondary N) is 1. The second kappa shape index (κ2) is 6.23. The number of hydrogen-bond donors (Lipinski definition) is 1. The monoisotopic (exact) mass is 337 g/mol. The highest BCUT2D eigenvalue weighted by molar-refractivity contribution is 6.06. The molecule has 1 aliphatic carbocycles. The molecule has 1 atom stereocenters. The molecule has 0 radical (unpaired) electrons. The van der Waals surface area contributed by atoms with Crippen LogP contribution in [0.15, 0.2) is 95.4 Å². The molecule has 2 heteroatoms. The highest BCUT2D eigenvalue weighted by Gasteiger charge is 2.12. The molecule has 4 aromatic rings. The third-order valence-corrected chi connectivity index (χ3v) is 4.94. The van der Waals surface area contributed by atoms with Crippen molar-refractivity contribution in [1.82, 2.24) is 0 Å². The van der Waals surface area contributed by atoms with Gasteiger partial charge in [0, 0.05) is 22.5 Å². The van der Waals surface area contributed by atoms with E-state index in [0.717, 1.165) is 23.3 Å². The van der Waals surface area contributed by atoms with Crippen LogP contribution in [0.2, 0.25) is 0 Å². The molecule has 0 spiro atoms. The summed E-state index contributed by atoms with van der Waals surface area (Å²) in [6.45, 7) is 0. The van der Waals surface area contributed by atoms with Gasteiger partial charge in [-0.05, 0) is 47.9 Å². The van der Waals surface area contributed by atoms with Crippen molar-refractivity contribution in [3.63, 3.8) is 0 Å². The lowest BCUT2D eigenvalue weighted by molar-refractivity contribution is 0.669. The van der Waals surface area contributed by atoms with Gasteiger partial charge >= 0.3 is 0 Å². The minimum atomic E-state index is 0.333. The van der Waals surface area contributed by atoms with Crippen molar-refractivity contribution in [3.05, 3.63) is 96.6 Å². The second-order valence-corrected chi connectivity index (χ2v) is 6.68. The van der Waals surface area contributed by atoms with Crippen LogP contribution >= 0.6 is 0 Å². The van der Waals surface area contributed by atoms with E-state index in [2.05, 4.69) is 78.1 Å². The molecule has 0 fully saturated rings. The van der Waals surface area contributed by atoms with E-state index < -0.39 is 0 Å². The molecule has 3 aromatic carbocycles. The van der Waals surface area contributed by atoms with E-state index in [-0.39, 0.29) is 0 Å². The van der Waals surface area contributed by atoms with Gasteiger partial charge in [0.25, 0.3) is 0 Å². The average molecular weight is 337 g/mol. The zero-order chi connectivity index (χ0) is 17.3. The number of benzene rings is 3. The molecule has 1 heterocycles. The van der Waals surface area contributed by atoms with E-state index in [1.54, 1.807) is 0 Å². The normalized spacial score (nSPS) is 16.8. The summed E-state index contributed by atoms with van der Waals surface area (Å²) in [7, 11) is 0. The minimum absolute atomic E-state index is 0.333. The van der Waals surface area contributed by atoms with Crippen molar-refractivity contribution in [2.24, 2.45) is 0 Å². The third kappa shape index (κ3) is 2.70. The lowest BCUT2D eigenvalue weighted by atomic mass is 9.96. The highest BCUT2D eigenvalue weighted by Crippen LogP contribution is 2.32. The van der Waals surface area contributed by atoms with Crippen LogP contribution in [0.1, 0.15) is 12.0 Å². The van der Waals surface area contributed by atoms with E-state index >= 15 is 0 Å². The van der Waals surface area contributed by atoms with Crippen LogP contribution in [-0.2, 0) is 0 Å². The zero-order valence-corrected chi connectivity index (χ0v) is 14.4. The summed E-state index contributed by atoms with van der Waals surface area (Å²) in [5.74, 6) is 0. The molecule has 1 N–H and O–H groups in total. The summed E-state index contributed by atoms with van der Waals surface area (Å²) in [5, 5.41) is 5.91. The molecule has 1 aromatic heterocycles. The van der Waals surface area contributed by atoms with Gasteiger partial charge in [-0.3, -0.25) is 0 Å². The Bertz CT molecular complexity index is 1130. The zero-order valence-electron chi connectivity index (χ0n) is 14.4. The summed E-state index contributed by atoms with van der Waals surface area (Å²) in [6, 6.07) is 25.4. The van der Waals surface area contributed by atoms with E-state index in [1.807, 2.05) is 18.2 Å². The first-order valence-corrected chi connectivity index (χ1v) is 8.98. The number of rotatable bonds is 3. The fourth-order valence-electron chi connectivity index (χ4n) is 3.60. The predicted octanol–water partition coefficient (Wildman–Crippen LogP) is 6.41. The van der Waals surface area contributed by atoms with E-state index in [4.69, 9.17) is 4.42 Å². The fourth-order valence-corrected chi connectivity index (χ4v) is 3.60. The van der Waals surface area contributed by atoms with Crippen LogP contribution in [0.25, 0.3) is 27.5 Å². The van der Waals surface area contributed by atoms with Crippen molar-refractivity contribution in [2.45, 2.75) is 12.5 Å². The predicted molar refractivity (Wildman–Crippen MR) is 109 cm³/mol. The topological polar surface area (TPSA) is 25.2 Å². The van der Waals surface area contributed by atoms with Gasteiger partial charge in [0.05, 0.1) is 0 Å². The standard InChI is InChI=1S/C24H19NO/c1-2-6-19(7-3-1)25-20-13-10-17(11-14-20)18-12-15-24-22(16-18)21-8-4-5-9-23(21)26-24/h1-13,15-16,20,25H,14H2. The van der Waals surface area contributed by atoms with Crippen molar-refractivity contribution in [2.75, 3.05) is 5.32 Å². The Kier molecular flexibility index (Phi) is 3.60. The van der Waals surface area contributed by atoms with E-state index in [9.17, 15) is 0 Å². The minimum Gasteiger partial charge on any atom is -0.456 e. The molecule has 1 aliphatic rings. The molecular formula is C24H19NO. The van der Waals surface area contributed by atoms with Crippen molar-refractivity contribution in [1.29, 1.82) is 0 Å². The molecule has 0 amide bonds. The third-order valence-electron chi connectivity index (χ3n) is 4.94. The number of anilines is 1. The van der Waals surface area contributed by atoms with Crippen molar-refractivity contribution < 1.29 is 4.42 Å².